The Kier molecular flexibility index (Phi) is 9.29. The zero-order valence-electron chi connectivity index (χ0n) is 22.3. The van der Waals surface area contributed by atoms with Gasteiger partial charge in [-0.05, 0) is 75.4 Å². The molecule has 0 saturated carbocycles. The highest BCUT2D eigenvalue weighted by Gasteiger charge is 2.31. The fourth-order valence-corrected chi connectivity index (χ4v) is 4.20. The van der Waals surface area contributed by atoms with Crippen LogP contribution in [0, 0.1) is 27.7 Å². The Hall–Kier alpha value is -3.60. The highest BCUT2D eigenvalue weighted by atomic mass is 16.5. The summed E-state index contributed by atoms with van der Waals surface area (Å²) in [7, 11) is 0. The van der Waals surface area contributed by atoms with E-state index >= 15 is 0 Å². The molecule has 0 fully saturated rings. The van der Waals surface area contributed by atoms with Crippen molar-refractivity contribution in [2.75, 3.05) is 6.61 Å². The van der Waals surface area contributed by atoms with Crippen molar-refractivity contribution in [2.45, 2.75) is 66.6 Å². The van der Waals surface area contributed by atoms with Crippen LogP contribution in [0.3, 0.4) is 0 Å². The Balaban J connectivity index is 1.93. The normalized spacial score (nSPS) is 11.8. The summed E-state index contributed by atoms with van der Waals surface area (Å²) >= 11 is 0. The smallest absolute Gasteiger partial charge is 0.261 e. The summed E-state index contributed by atoms with van der Waals surface area (Å²) in [5.41, 5.74) is 6.31. The van der Waals surface area contributed by atoms with Gasteiger partial charge < -0.3 is 15.0 Å². The average molecular weight is 487 g/mol. The number of rotatable bonds is 10. The SMILES string of the molecule is Cc1ccc(CN(C(=O)COc2cc(C)cc(C)c2C)[C@H](Cc2ccccc2)C(=O)NC(C)C)cc1. The van der Waals surface area contributed by atoms with Crippen molar-refractivity contribution in [1.29, 1.82) is 0 Å². The molecule has 36 heavy (non-hydrogen) atoms. The van der Waals surface area contributed by atoms with E-state index in [4.69, 9.17) is 4.74 Å². The number of aryl methyl sites for hydroxylation is 3. The molecule has 0 bridgehead atoms. The number of carbonyl (C=O) groups is 2. The lowest BCUT2D eigenvalue weighted by Gasteiger charge is -2.32. The molecule has 5 nitrogen and oxygen atoms in total. The molecule has 0 unspecified atom stereocenters. The average Bonchev–Trinajstić information content (AvgIpc) is 2.83. The first-order valence-electron chi connectivity index (χ1n) is 12.5. The van der Waals surface area contributed by atoms with Crippen LogP contribution in [0.1, 0.15) is 47.2 Å². The molecule has 3 rings (SSSR count). The van der Waals surface area contributed by atoms with Gasteiger partial charge in [0.2, 0.25) is 5.91 Å². The van der Waals surface area contributed by atoms with Crippen LogP contribution in [-0.4, -0.2) is 35.4 Å². The molecule has 190 valence electrons. The monoisotopic (exact) mass is 486 g/mol. The summed E-state index contributed by atoms with van der Waals surface area (Å²) in [6.45, 7) is 12.1. The number of hydrogen-bond acceptors (Lipinski definition) is 3. The minimum atomic E-state index is -0.674. The molecule has 3 aromatic carbocycles. The molecule has 3 aromatic rings. The molecule has 0 spiro atoms. The molecule has 1 N–H and O–H groups in total. The first kappa shape index (κ1) is 27.0. The fourth-order valence-electron chi connectivity index (χ4n) is 4.20. The van der Waals surface area contributed by atoms with Crippen LogP contribution in [0.4, 0.5) is 0 Å². The van der Waals surface area contributed by atoms with E-state index in [1.807, 2.05) is 102 Å². The first-order chi connectivity index (χ1) is 17.1. The second kappa shape index (κ2) is 12.4. The van der Waals surface area contributed by atoms with Gasteiger partial charge in [-0.1, -0.05) is 66.2 Å². The van der Waals surface area contributed by atoms with Gasteiger partial charge in [0.15, 0.2) is 6.61 Å². The van der Waals surface area contributed by atoms with E-state index in [0.717, 1.165) is 33.4 Å². The Labute approximate surface area is 215 Å². The molecule has 5 heteroatoms. The van der Waals surface area contributed by atoms with Crippen LogP contribution in [0.15, 0.2) is 66.7 Å². The van der Waals surface area contributed by atoms with E-state index in [1.165, 1.54) is 0 Å². The molecule has 1 atom stereocenters. The van der Waals surface area contributed by atoms with E-state index in [1.54, 1.807) is 4.90 Å². The van der Waals surface area contributed by atoms with Crippen molar-refractivity contribution in [2.24, 2.45) is 0 Å². The Bertz CT molecular complexity index is 1170. The van der Waals surface area contributed by atoms with Gasteiger partial charge in [-0.15, -0.1) is 0 Å². The first-order valence-corrected chi connectivity index (χ1v) is 12.5. The predicted octanol–water partition coefficient (Wildman–Crippen LogP) is 5.46. The number of amides is 2. The van der Waals surface area contributed by atoms with Crippen LogP contribution < -0.4 is 10.1 Å². The van der Waals surface area contributed by atoms with Crippen LogP contribution >= 0.6 is 0 Å². The highest BCUT2D eigenvalue weighted by Crippen LogP contribution is 2.24. The summed E-state index contributed by atoms with van der Waals surface area (Å²) in [4.78, 5) is 28.8. The van der Waals surface area contributed by atoms with Crippen molar-refractivity contribution >= 4 is 11.8 Å². The van der Waals surface area contributed by atoms with E-state index in [2.05, 4.69) is 11.4 Å². The lowest BCUT2D eigenvalue weighted by atomic mass is 10.0. The van der Waals surface area contributed by atoms with Gasteiger partial charge in [-0.3, -0.25) is 9.59 Å². The van der Waals surface area contributed by atoms with Gasteiger partial charge in [0.05, 0.1) is 0 Å². The lowest BCUT2D eigenvalue weighted by molar-refractivity contribution is -0.143. The van der Waals surface area contributed by atoms with Crippen LogP contribution in [-0.2, 0) is 22.6 Å². The molecule has 0 aliphatic rings. The maximum absolute atomic E-state index is 13.7. The standard InChI is InChI=1S/C31H38N2O3/c1-21(2)32-31(35)28(18-26-10-8-7-9-11-26)33(19-27-14-12-22(3)13-15-27)30(34)20-36-29-17-23(4)16-24(5)25(29)6/h7-17,21,28H,18-20H2,1-6H3,(H,32,35)/t28-/m1/s1. The minimum absolute atomic E-state index is 0.0405. The van der Waals surface area contributed by atoms with Gasteiger partial charge in [0.25, 0.3) is 5.91 Å². The van der Waals surface area contributed by atoms with Gasteiger partial charge in [0, 0.05) is 19.0 Å². The molecular weight excluding hydrogens is 448 g/mol. The summed E-state index contributed by atoms with van der Waals surface area (Å²) in [6.07, 6.45) is 0.416. The second-order valence-electron chi connectivity index (χ2n) is 9.87. The Morgan fingerprint density at radius 3 is 2.17 bits per heavy atom. The third-order valence-electron chi connectivity index (χ3n) is 6.29. The van der Waals surface area contributed by atoms with Gasteiger partial charge in [-0.25, -0.2) is 0 Å². The predicted molar refractivity (Wildman–Crippen MR) is 145 cm³/mol. The molecule has 0 aliphatic heterocycles. The number of ether oxygens (including phenoxy) is 1. The van der Waals surface area contributed by atoms with E-state index in [9.17, 15) is 9.59 Å². The van der Waals surface area contributed by atoms with Crippen molar-refractivity contribution in [3.63, 3.8) is 0 Å². The zero-order chi connectivity index (χ0) is 26.2. The number of nitrogens with one attached hydrogen (secondary N) is 1. The maximum Gasteiger partial charge on any atom is 0.261 e. The third-order valence-corrected chi connectivity index (χ3v) is 6.29. The number of hydrogen-bond donors (Lipinski definition) is 1. The summed E-state index contributed by atoms with van der Waals surface area (Å²) < 4.78 is 6.04. The van der Waals surface area contributed by atoms with Gasteiger partial charge in [-0.2, -0.15) is 0 Å². The van der Waals surface area contributed by atoms with E-state index in [0.29, 0.717) is 18.7 Å². The summed E-state index contributed by atoms with van der Waals surface area (Å²) in [5.74, 6) is 0.299. The quantitative estimate of drug-likeness (QED) is 0.414. The second-order valence-corrected chi connectivity index (χ2v) is 9.87. The summed E-state index contributed by atoms with van der Waals surface area (Å²) in [6, 6.07) is 21.2. The van der Waals surface area contributed by atoms with Crippen LogP contribution in [0.25, 0.3) is 0 Å². The van der Waals surface area contributed by atoms with Crippen molar-refractivity contribution in [3.05, 3.63) is 100 Å². The van der Waals surface area contributed by atoms with Crippen molar-refractivity contribution in [3.8, 4) is 5.75 Å². The largest absolute Gasteiger partial charge is 0.483 e. The minimum Gasteiger partial charge on any atom is -0.483 e. The Morgan fingerprint density at radius 2 is 1.53 bits per heavy atom. The van der Waals surface area contributed by atoms with Gasteiger partial charge in [0.1, 0.15) is 11.8 Å². The molecule has 2 amide bonds. The van der Waals surface area contributed by atoms with Crippen LogP contribution in [0.2, 0.25) is 0 Å². The topological polar surface area (TPSA) is 58.6 Å². The Morgan fingerprint density at radius 1 is 0.861 bits per heavy atom. The number of benzene rings is 3. The van der Waals surface area contributed by atoms with E-state index < -0.39 is 6.04 Å². The zero-order valence-corrected chi connectivity index (χ0v) is 22.3. The highest BCUT2D eigenvalue weighted by molar-refractivity contribution is 5.88. The number of nitrogens with zero attached hydrogens (tertiary/aromatic N) is 1. The molecule has 0 radical (unpaired) electrons. The molecule has 0 saturated heterocycles. The summed E-state index contributed by atoms with van der Waals surface area (Å²) in [5, 5.41) is 3.02. The van der Waals surface area contributed by atoms with Gasteiger partial charge >= 0.3 is 0 Å². The molecule has 0 aromatic heterocycles. The van der Waals surface area contributed by atoms with Crippen molar-refractivity contribution in [1.82, 2.24) is 10.2 Å². The number of carbonyl (C=O) groups excluding carboxylic acids is 2. The van der Waals surface area contributed by atoms with E-state index in [-0.39, 0.29) is 24.5 Å². The fraction of sp³-hybridized carbons (Fsp3) is 0.355. The van der Waals surface area contributed by atoms with Crippen LogP contribution in [0.5, 0.6) is 5.75 Å². The molecular formula is C31H38N2O3. The maximum atomic E-state index is 13.7. The van der Waals surface area contributed by atoms with Crippen molar-refractivity contribution < 1.29 is 14.3 Å². The molecule has 0 aliphatic carbocycles. The molecule has 0 heterocycles. The third kappa shape index (κ3) is 7.45. The lowest BCUT2D eigenvalue weighted by Crippen LogP contribution is -2.52.